The lowest BCUT2D eigenvalue weighted by atomic mass is 9.86. The molecule has 4 N–H and O–H groups in total. The van der Waals surface area contributed by atoms with Crippen LogP contribution < -0.4 is 16.4 Å². The van der Waals surface area contributed by atoms with Gasteiger partial charge in [-0.25, -0.2) is 9.59 Å². The third kappa shape index (κ3) is 6.59. The zero-order valence-electron chi connectivity index (χ0n) is 19.0. The van der Waals surface area contributed by atoms with E-state index >= 15 is 0 Å². The van der Waals surface area contributed by atoms with E-state index in [4.69, 9.17) is 15.2 Å². The molecule has 9 nitrogen and oxygen atoms in total. The van der Waals surface area contributed by atoms with E-state index in [0.717, 1.165) is 5.56 Å². The summed E-state index contributed by atoms with van der Waals surface area (Å²) < 4.78 is 10.5. The number of carbonyl (C=O) groups is 3. The number of ether oxygens (including phenoxy) is 2. The molecule has 32 heavy (non-hydrogen) atoms. The fourth-order valence-electron chi connectivity index (χ4n) is 4.25. The van der Waals surface area contributed by atoms with Gasteiger partial charge in [0.2, 0.25) is 5.91 Å². The minimum absolute atomic E-state index is 0.0873. The predicted octanol–water partition coefficient (Wildman–Crippen LogP) is 2.29. The van der Waals surface area contributed by atoms with Gasteiger partial charge in [0.05, 0.1) is 0 Å². The van der Waals surface area contributed by atoms with Crippen LogP contribution in [0.1, 0.15) is 52.0 Å². The molecule has 1 heterocycles. The predicted molar refractivity (Wildman–Crippen MR) is 119 cm³/mol. The van der Waals surface area contributed by atoms with Crippen LogP contribution in [0, 0.1) is 0 Å². The molecule has 3 amide bonds. The van der Waals surface area contributed by atoms with Gasteiger partial charge in [0.25, 0.3) is 0 Å². The summed E-state index contributed by atoms with van der Waals surface area (Å²) in [5, 5.41) is 5.55. The van der Waals surface area contributed by atoms with Crippen molar-refractivity contribution in [2.24, 2.45) is 5.73 Å². The van der Waals surface area contributed by atoms with E-state index in [9.17, 15) is 14.4 Å². The second-order valence-corrected chi connectivity index (χ2v) is 9.47. The molecule has 4 atom stereocenters. The first-order valence-electron chi connectivity index (χ1n) is 11.1. The average molecular weight is 447 g/mol. The van der Waals surface area contributed by atoms with Crippen molar-refractivity contribution in [2.45, 2.75) is 82.8 Å². The normalized spacial score (nSPS) is 25.9. The molecule has 1 aromatic carbocycles. The lowest BCUT2D eigenvalue weighted by Crippen LogP contribution is -2.56. The highest BCUT2D eigenvalue weighted by atomic mass is 16.6. The first-order chi connectivity index (χ1) is 15.1. The van der Waals surface area contributed by atoms with Crippen molar-refractivity contribution < 1.29 is 23.9 Å². The number of nitrogens with two attached hydrogens (primary N) is 1. The third-order valence-corrected chi connectivity index (χ3v) is 5.73. The molecular formula is C23H34N4O5. The zero-order valence-corrected chi connectivity index (χ0v) is 19.0. The molecule has 1 saturated heterocycles. The highest BCUT2D eigenvalue weighted by molar-refractivity contribution is 5.87. The number of nitrogens with one attached hydrogen (secondary N) is 2. The topological polar surface area (TPSA) is 123 Å². The van der Waals surface area contributed by atoms with E-state index in [1.165, 1.54) is 0 Å². The third-order valence-electron chi connectivity index (χ3n) is 5.73. The van der Waals surface area contributed by atoms with E-state index in [2.05, 4.69) is 10.6 Å². The van der Waals surface area contributed by atoms with Crippen LogP contribution >= 0.6 is 0 Å². The maximum Gasteiger partial charge on any atom is 0.408 e. The molecule has 3 rings (SSSR count). The number of likely N-dealkylation sites (tertiary alicyclic amines) is 1. The summed E-state index contributed by atoms with van der Waals surface area (Å²) in [6.45, 7) is 6.13. The Kier molecular flexibility index (Phi) is 7.60. The van der Waals surface area contributed by atoms with Crippen molar-refractivity contribution in [1.29, 1.82) is 0 Å². The highest BCUT2D eigenvalue weighted by Gasteiger charge is 2.41. The number of carbonyl (C=O) groups excluding carboxylic acids is 3. The molecule has 2 aliphatic rings. The van der Waals surface area contributed by atoms with Gasteiger partial charge in [-0.15, -0.1) is 0 Å². The molecular weight excluding hydrogens is 412 g/mol. The Bertz CT molecular complexity index is 810. The van der Waals surface area contributed by atoms with Crippen molar-refractivity contribution in [2.75, 3.05) is 6.54 Å². The molecule has 1 aliphatic heterocycles. The lowest BCUT2D eigenvalue weighted by molar-refractivity contribution is -0.132. The van der Waals surface area contributed by atoms with Crippen molar-refractivity contribution in [3.63, 3.8) is 0 Å². The van der Waals surface area contributed by atoms with Gasteiger partial charge in [-0.3, -0.25) is 4.79 Å². The minimum atomic E-state index is -0.608. The summed E-state index contributed by atoms with van der Waals surface area (Å²) in [5.41, 5.74) is 6.69. The number of rotatable bonds is 5. The molecule has 0 unspecified atom stereocenters. The smallest absolute Gasteiger partial charge is 0.408 e. The second kappa shape index (κ2) is 10.2. The Hall–Kier alpha value is -2.81. The van der Waals surface area contributed by atoms with E-state index in [1.807, 2.05) is 51.1 Å². The molecule has 1 saturated carbocycles. The fourth-order valence-corrected chi connectivity index (χ4v) is 4.25. The van der Waals surface area contributed by atoms with Crippen LogP contribution in [-0.4, -0.2) is 59.3 Å². The summed E-state index contributed by atoms with van der Waals surface area (Å²) in [7, 11) is 0. The number of hydrogen-bond acceptors (Lipinski definition) is 6. The molecule has 0 radical (unpaired) electrons. The molecule has 9 heteroatoms. The summed E-state index contributed by atoms with van der Waals surface area (Å²) in [6, 6.07) is 8.28. The number of hydrogen-bond donors (Lipinski definition) is 3. The summed E-state index contributed by atoms with van der Waals surface area (Å²) in [6.07, 6.45) is 1.40. The Labute approximate surface area is 189 Å². The average Bonchev–Trinajstić information content (AvgIpc) is 3.06. The minimum Gasteiger partial charge on any atom is -0.445 e. The maximum absolute atomic E-state index is 12.9. The summed E-state index contributed by atoms with van der Waals surface area (Å²) in [4.78, 5) is 38.8. The van der Waals surface area contributed by atoms with Gasteiger partial charge >= 0.3 is 12.2 Å². The van der Waals surface area contributed by atoms with Gasteiger partial charge in [-0.05, 0) is 52.0 Å². The van der Waals surface area contributed by atoms with Crippen LogP contribution in [0.2, 0.25) is 0 Å². The Balaban J connectivity index is 1.45. The van der Waals surface area contributed by atoms with Crippen molar-refractivity contribution in [3.8, 4) is 0 Å². The number of alkyl carbamates (subject to hydrolysis) is 2. The zero-order chi connectivity index (χ0) is 23.3. The summed E-state index contributed by atoms with van der Waals surface area (Å²) >= 11 is 0. The van der Waals surface area contributed by atoms with Gasteiger partial charge in [0.1, 0.15) is 18.2 Å². The Morgan fingerprint density at radius 3 is 2.47 bits per heavy atom. The van der Waals surface area contributed by atoms with E-state index in [0.29, 0.717) is 32.2 Å². The van der Waals surface area contributed by atoms with Crippen LogP contribution in [0.5, 0.6) is 0 Å². The first-order valence-corrected chi connectivity index (χ1v) is 11.1. The van der Waals surface area contributed by atoms with Gasteiger partial charge in [-0.2, -0.15) is 0 Å². The van der Waals surface area contributed by atoms with Crippen molar-refractivity contribution in [3.05, 3.63) is 35.9 Å². The summed E-state index contributed by atoms with van der Waals surface area (Å²) in [5.74, 6) is -0.138. The van der Waals surface area contributed by atoms with Crippen LogP contribution in [0.3, 0.4) is 0 Å². The fraction of sp³-hybridized carbons (Fsp3) is 0.609. The number of nitrogens with zero attached hydrogens (tertiary/aromatic N) is 1. The van der Waals surface area contributed by atoms with Crippen LogP contribution in [-0.2, 0) is 20.9 Å². The lowest BCUT2D eigenvalue weighted by Gasteiger charge is -2.39. The first kappa shape index (κ1) is 23.8. The van der Waals surface area contributed by atoms with Crippen molar-refractivity contribution in [1.82, 2.24) is 15.5 Å². The standard InChI is InChI=1S/C23H34N4O5/c1-23(2,3)32-22(30)25-16-9-10-19(17(24)13-16)27-12-11-18(20(27)28)26-21(29)31-14-15-7-5-4-6-8-15/h4-8,16-19H,9-14,24H2,1-3H3,(H,25,30)(H,26,29)/t16-,17-,18+,19+/m1/s1. The Morgan fingerprint density at radius 2 is 1.81 bits per heavy atom. The van der Waals surface area contributed by atoms with Gasteiger partial charge in [-0.1, -0.05) is 30.3 Å². The van der Waals surface area contributed by atoms with Crippen LogP contribution in [0.15, 0.2) is 30.3 Å². The molecule has 0 bridgehead atoms. The van der Waals surface area contributed by atoms with Gasteiger partial charge < -0.3 is 30.7 Å². The van der Waals surface area contributed by atoms with E-state index < -0.39 is 23.8 Å². The SMILES string of the molecule is CC(C)(C)OC(=O)N[C@@H]1CC[C@H](N2CC[C@H](NC(=O)OCc3ccccc3)C2=O)[C@H](N)C1. The molecule has 1 aromatic rings. The van der Waals surface area contributed by atoms with Crippen LogP contribution in [0.4, 0.5) is 9.59 Å². The Morgan fingerprint density at radius 1 is 1.09 bits per heavy atom. The monoisotopic (exact) mass is 446 g/mol. The largest absolute Gasteiger partial charge is 0.445 e. The molecule has 2 fully saturated rings. The van der Waals surface area contributed by atoms with Crippen LogP contribution in [0.25, 0.3) is 0 Å². The molecule has 0 spiro atoms. The van der Waals surface area contributed by atoms with Crippen molar-refractivity contribution >= 4 is 18.1 Å². The van der Waals surface area contributed by atoms with E-state index in [-0.39, 0.29) is 30.6 Å². The van der Waals surface area contributed by atoms with Gasteiger partial charge in [0.15, 0.2) is 0 Å². The maximum atomic E-state index is 12.9. The number of amides is 3. The molecule has 0 aromatic heterocycles. The molecule has 1 aliphatic carbocycles. The second-order valence-electron chi connectivity index (χ2n) is 9.47. The molecule has 176 valence electrons. The quantitative estimate of drug-likeness (QED) is 0.638. The van der Waals surface area contributed by atoms with Gasteiger partial charge in [0, 0.05) is 24.7 Å². The highest BCUT2D eigenvalue weighted by Crippen LogP contribution is 2.27. The van der Waals surface area contributed by atoms with E-state index in [1.54, 1.807) is 4.90 Å². The number of benzene rings is 1.